The number of ether oxygens (including phenoxy) is 1. The number of phenols is 1. The number of hydrogen-bond acceptors (Lipinski definition) is 4. The summed E-state index contributed by atoms with van der Waals surface area (Å²) in [7, 11) is 0. The number of anilines is 1. The summed E-state index contributed by atoms with van der Waals surface area (Å²) in [6.07, 6.45) is 0. The third-order valence-corrected chi connectivity index (χ3v) is 2.82. The lowest BCUT2D eigenvalue weighted by Crippen LogP contribution is -1.94. The Hall–Kier alpha value is -2.19. The van der Waals surface area contributed by atoms with E-state index in [0.717, 1.165) is 4.47 Å². The van der Waals surface area contributed by atoms with Crippen LogP contribution < -0.4 is 10.5 Å². The quantitative estimate of drug-likeness (QED) is 0.658. The van der Waals surface area contributed by atoms with Gasteiger partial charge in [0.2, 0.25) is 0 Å². The van der Waals surface area contributed by atoms with Crippen LogP contribution in [0.5, 0.6) is 17.2 Å². The molecule has 0 aliphatic rings. The first-order chi connectivity index (χ1) is 8.61. The Morgan fingerprint density at radius 1 is 1.22 bits per heavy atom. The lowest BCUT2D eigenvalue weighted by atomic mass is 10.2. The van der Waals surface area contributed by atoms with Crippen LogP contribution >= 0.6 is 15.9 Å². The van der Waals surface area contributed by atoms with Crippen molar-refractivity contribution in [3.63, 3.8) is 0 Å². The van der Waals surface area contributed by atoms with Crippen molar-refractivity contribution < 1.29 is 9.84 Å². The lowest BCUT2D eigenvalue weighted by molar-refractivity contribution is 0.459. The van der Waals surface area contributed by atoms with Crippen molar-refractivity contribution in [1.82, 2.24) is 0 Å². The number of nitrogen functional groups attached to an aromatic ring is 1. The highest BCUT2D eigenvalue weighted by molar-refractivity contribution is 9.10. The molecule has 4 nitrogen and oxygen atoms in total. The largest absolute Gasteiger partial charge is 0.506 e. The van der Waals surface area contributed by atoms with E-state index in [1.54, 1.807) is 30.3 Å². The van der Waals surface area contributed by atoms with Gasteiger partial charge in [-0.2, -0.15) is 5.26 Å². The first-order valence-corrected chi connectivity index (χ1v) is 5.86. The molecule has 0 spiro atoms. The SMILES string of the molecule is N#Cc1ccc(Br)cc1Oc1cccc(O)c1N. The standard InChI is InChI=1S/C13H9BrN2O2/c14-9-5-4-8(7-15)12(6-9)18-11-3-1-2-10(17)13(11)16/h1-6,17H,16H2. The van der Waals surface area contributed by atoms with Gasteiger partial charge in [0.05, 0.1) is 5.56 Å². The van der Waals surface area contributed by atoms with Crippen molar-refractivity contribution in [3.05, 3.63) is 46.4 Å². The van der Waals surface area contributed by atoms with Crippen molar-refractivity contribution >= 4 is 21.6 Å². The van der Waals surface area contributed by atoms with Crippen LogP contribution in [0.3, 0.4) is 0 Å². The van der Waals surface area contributed by atoms with E-state index in [2.05, 4.69) is 15.9 Å². The molecule has 0 saturated carbocycles. The molecule has 0 aliphatic carbocycles. The zero-order valence-electron chi connectivity index (χ0n) is 9.22. The molecule has 90 valence electrons. The fourth-order valence-corrected chi connectivity index (χ4v) is 1.75. The van der Waals surface area contributed by atoms with E-state index in [1.807, 2.05) is 6.07 Å². The zero-order valence-corrected chi connectivity index (χ0v) is 10.8. The van der Waals surface area contributed by atoms with Gasteiger partial charge in [0.1, 0.15) is 23.3 Å². The highest BCUT2D eigenvalue weighted by atomic mass is 79.9. The molecule has 18 heavy (non-hydrogen) atoms. The fourth-order valence-electron chi connectivity index (χ4n) is 1.41. The van der Waals surface area contributed by atoms with E-state index in [-0.39, 0.29) is 11.4 Å². The number of benzene rings is 2. The molecule has 0 aliphatic heterocycles. The van der Waals surface area contributed by atoms with E-state index in [1.165, 1.54) is 6.07 Å². The van der Waals surface area contributed by atoms with Gasteiger partial charge in [-0.25, -0.2) is 0 Å². The van der Waals surface area contributed by atoms with Crippen LogP contribution in [0.2, 0.25) is 0 Å². The van der Waals surface area contributed by atoms with Crippen molar-refractivity contribution in [2.24, 2.45) is 0 Å². The fraction of sp³-hybridized carbons (Fsp3) is 0. The average Bonchev–Trinajstić information content (AvgIpc) is 2.35. The predicted octanol–water partition coefficient (Wildman–Crippen LogP) is 3.40. The van der Waals surface area contributed by atoms with E-state index >= 15 is 0 Å². The zero-order chi connectivity index (χ0) is 13.1. The number of nitrogens with zero attached hydrogens (tertiary/aromatic N) is 1. The molecule has 2 aromatic carbocycles. The second-order valence-electron chi connectivity index (χ2n) is 3.54. The molecule has 5 heteroatoms. The molecule has 3 N–H and O–H groups in total. The van der Waals surface area contributed by atoms with E-state index in [0.29, 0.717) is 17.1 Å². The maximum atomic E-state index is 9.48. The van der Waals surface area contributed by atoms with Crippen LogP contribution in [-0.2, 0) is 0 Å². The van der Waals surface area contributed by atoms with Crippen molar-refractivity contribution in [3.8, 4) is 23.3 Å². The van der Waals surface area contributed by atoms with Gasteiger partial charge in [0, 0.05) is 4.47 Å². The van der Waals surface area contributed by atoms with Gasteiger partial charge in [-0.3, -0.25) is 0 Å². The summed E-state index contributed by atoms with van der Waals surface area (Å²) in [4.78, 5) is 0. The third kappa shape index (κ3) is 2.39. The summed E-state index contributed by atoms with van der Waals surface area (Å²) in [5.74, 6) is 0.634. The first-order valence-electron chi connectivity index (χ1n) is 5.07. The van der Waals surface area contributed by atoms with Gasteiger partial charge >= 0.3 is 0 Å². The Kier molecular flexibility index (Phi) is 3.40. The molecule has 0 heterocycles. The van der Waals surface area contributed by atoms with Crippen LogP contribution in [0.15, 0.2) is 40.9 Å². The molecule has 0 saturated heterocycles. The minimum absolute atomic E-state index is 0.0546. The Morgan fingerprint density at radius 2 is 2.00 bits per heavy atom. The Morgan fingerprint density at radius 3 is 2.72 bits per heavy atom. The summed E-state index contributed by atoms with van der Waals surface area (Å²) in [6, 6.07) is 11.8. The topological polar surface area (TPSA) is 79.3 Å². The normalized spacial score (nSPS) is 9.78. The molecular weight excluding hydrogens is 296 g/mol. The molecule has 0 amide bonds. The van der Waals surface area contributed by atoms with Crippen molar-refractivity contribution in [2.75, 3.05) is 5.73 Å². The number of para-hydroxylation sites is 1. The highest BCUT2D eigenvalue weighted by Crippen LogP contribution is 2.35. The summed E-state index contributed by atoms with van der Waals surface area (Å²) in [5, 5.41) is 18.5. The number of phenolic OH excluding ortho intramolecular Hbond substituents is 1. The molecular formula is C13H9BrN2O2. The number of rotatable bonds is 2. The molecule has 0 unspecified atom stereocenters. The molecule has 0 fully saturated rings. The van der Waals surface area contributed by atoms with Gasteiger partial charge < -0.3 is 15.6 Å². The van der Waals surface area contributed by atoms with E-state index in [9.17, 15) is 5.11 Å². The minimum atomic E-state index is -0.0546. The lowest BCUT2D eigenvalue weighted by Gasteiger charge is -2.10. The summed E-state index contributed by atoms with van der Waals surface area (Å²) < 4.78 is 6.34. The summed E-state index contributed by atoms with van der Waals surface area (Å²) >= 11 is 3.30. The summed E-state index contributed by atoms with van der Waals surface area (Å²) in [6.45, 7) is 0. The molecule has 0 aromatic heterocycles. The molecule has 0 radical (unpaired) electrons. The maximum absolute atomic E-state index is 9.48. The molecule has 0 atom stereocenters. The second-order valence-corrected chi connectivity index (χ2v) is 4.46. The number of aromatic hydroxyl groups is 1. The predicted molar refractivity (Wildman–Crippen MR) is 71.5 cm³/mol. The van der Waals surface area contributed by atoms with Gasteiger partial charge in [-0.15, -0.1) is 0 Å². The van der Waals surface area contributed by atoms with E-state index in [4.69, 9.17) is 15.7 Å². The van der Waals surface area contributed by atoms with Gasteiger partial charge in [0.25, 0.3) is 0 Å². The van der Waals surface area contributed by atoms with Crippen LogP contribution in [0.4, 0.5) is 5.69 Å². The van der Waals surface area contributed by atoms with E-state index < -0.39 is 0 Å². The van der Waals surface area contributed by atoms with Crippen LogP contribution in [0, 0.1) is 11.3 Å². The second kappa shape index (κ2) is 4.98. The third-order valence-electron chi connectivity index (χ3n) is 2.33. The molecule has 0 bridgehead atoms. The van der Waals surface area contributed by atoms with Crippen LogP contribution in [-0.4, -0.2) is 5.11 Å². The number of hydrogen-bond donors (Lipinski definition) is 2. The smallest absolute Gasteiger partial charge is 0.154 e. The first kappa shape index (κ1) is 12.3. The van der Waals surface area contributed by atoms with Gasteiger partial charge in [0.15, 0.2) is 5.75 Å². The average molecular weight is 305 g/mol. The molecule has 2 aromatic rings. The molecule has 2 rings (SSSR count). The van der Waals surface area contributed by atoms with Gasteiger partial charge in [-0.05, 0) is 30.3 Å². The van der Waals surface area contributed by atoms with Crippen LogP contribution in [0.1, 0.15) is 5.56 Å². The Bertz CT molecular complexity index is 635. The summed E-state index contributed by atoms with van der Waals surface area (Å²) in [5.41, 5.74) is 6.22. The monoisotopic (exact) mass is 304 g/mol. The Balaban J connectivity index is 2.43. The van der Waals surface area contributed by atoms with Crippen molar-refractivity contribution in [2.45, 2.75) is 0 Å². The minimum Gasteiger partial charge on any atom is -0.506 e. The maximum Gasteiger partial charge on any atom is 0.154 e. The highest BCUT2D eigenvalue weighted by Gasteiger charge is 2.09. The van der Waals surface area contributed by atoms with Crippen LogP contribution in [0.25, 0.3) is 0 Å². The van der Waals surface area contributed by atoms with Gasteiger partial charge in [-0.1, -0.05) is 22.0 Å². The van der Waals surface area contributed by atoms with Crippen molar-refractivity contribution in [1.29, 1.82) is 5.26 Å². The number of nitriles is 1. The number of nitrogens with two attached hydrogens (primary N) is 1. The number of halogens is 1. The Labute approximate surface area is 112 Å².